The summed E-state index contributed by atoms with van der Waals surface area (Å²) in [6, 6.07) is 0.602. The molecule has 1 fully saturated rings. The summed E-state index contributed by atoms with van der Waals surface area (Å²) in [7, 11) is 2.20. The van der Waals surface area contributed by atoms with Gasteiger partial charge in [0, 0.05) is 12.6 Å². The van der Waals surface area contributed by atoms with Crippen LogP contribution in [0.2, 0.25) is 0 Å². The van der Waals surface area contributed by atoms with Crippen molar-refractivity contribution in [2.24, 2.45) is 0 Å². The molecular formula is C13H21BrN4. The standard InChI is InChI=1S/C13H21BrN4/c1-9-11(15)8-17-13(12(9)14)16-7-10-5-3-4-6-18(10)2/h8,10H,3-7,15H2,1-2H3,(H,16,17). The van der Waals surface area contributed by atoms with Crippen LogP contribution >= 0.6 is 15.9 Å². The first-order chi connectivity index (χ1) is 8.59. The zero-order chi connectivity index (χ0) is 13.1. The molecule has 1 aliphatic heterocycles. The normalized spacial score (nSPS) is 20.9. The first-order valence-corrected chi connectivity index (χ1v) is 7.23. The molecule has 0 aliphatic carbocycles. The number of piperidine rings is 1. The van der Waals surface area contributed by atoms with Crippen molar-refractivity contribution in [3.63, 3.8) is 0 Å². The summed E-state index contributed by atoms with van der Waals surface area (Å²) in [5.74, 6) is 0.890. The molecule has 0 spiro atoms. The maximum atomic E-state index is 5.82. The van der Waals surface area contributed by atoms with Crippen molar-refractivity contribution in [1.29, 1.82) is 0 Å². The number of nitrogens with one attached hydrogen (secondary N) is 1. The molecule has 1 atom stereocenters. The van der Waals surface area contributed by atoms with E-state index in [-0.39, 0.29) is 0 Å². The summed E-state index contributed by atoms with van der Waals surface area (Å²) >= 11 is 3.55. The minimum Gasteiger partial charge on any atom is -0.397 e. The van der Waals surface area contributed by atoms with Gasteiger partial charge in [-0.3, -0.25) is 0 Å². The summed E-state index contributed by atoms with van der Waals surface area (Å²) in [5, 5.41) is 3.43. The van der Waals surface area contributed by atoms with Gasteiger partial charge in [0.1, 0.15) is 5.82 Å². The Bertz CT molecular complexity index is 422. The lowest BCUT2D eigenvalue weighted by molar-refractivity contribution is 0.194. The number of anilines is 2. The zero-order valence-corrected chi connectivity index (χ0v) is 12.6. The highest BCUT2D eigenvalue weighted by atomic mass is 79.9. The minimum atomic E-state index is 0.602. The Morgan fingerprint density at radius 3 is 3.06 bits per heavy atom. The highest BCUT2D eigenvalue weighted by Crippen LogP contribution is 2.28. The van der Waals surface area contributed by atoms with E-state index < -0.39 is 0 Å². The van der Waals surface area contributed by atoms with Crippen LogP contribution in [-0.4, -0.2) is 36.1 Å². The second-order valence-electron chi connectivity index (χ2n) is 5.01. The predicted octanol–water partition coefficient (Wildman–Crippen LogP) is 2.63. The van der Waals surface area contributed by atoms with Crippen molar-refractivity contribution in [2.45, 2.75) is 32.2 Å². The monoisotopic (exact) mass is 312 g/mol. The van der Waals surface area contributed by atoms with Crippen LogP contribution in [-0.2, 0) is 0 Å². The molecule has 5 heteroatoms. The second kappa shape index (κ2) is 5.89. The lowest BCUT2D eigenvalue weighted by Gasteiger charge is -2.32. The molecule has 0 amide bonds. The number of hydrogen-bond donors (Lipinski definition) is 2. The van der Waals surface area contributed by atoms with Crippen LogP contribution in [0.25, 0.3) is 0 Å². The third-order valence-corrected chi connectivity index (χ3v) is 4.70. The molecule has 4 nitrogen and oxygen atoms in total. The van der Waals surface area contributed by atoms with E-state index in [1.165, 1.54) is 25.8 Å². The van der Waals surface area contributed by atoms with E-state index in [0.29, 0.717) is 6.04 Å². The number of halogens is 1. The maximum absolute atomic E-state index is 5.82. The van der Waals surface area contributed by atoms with Crippen LogP contribution < -0.4 is 11.1 Å². The fourth-order valence-electron chi connectivity index (χ4n) is 2.33. The van der Waals surface area contributed by atoms with Gasteiger partial charge in [-0.2, -0.15) is 0 Å². The molecule has 0 aromatic carbocycles. The van der Waals surface area contributed by atoms with Gasteiger partial charge in [-0.1, -0.05) is 6.42 Å². The van der Waals surface area contributed by atoms with E-state index in [1.807, 2.05) is 6.92 Å². The van der Waals surface area contributed by atoms with Gasteiger partial charge >= 0.3 is 0 Å². The number of hydrogen-bond acceptors (Lipinski definition) is 4. The third kappa shape index (κ3) is 2.95. The van der Waals surface area contributed by atoms with Gasteiger partial charge in [0.2, 0.25) is 0 Å². The molecule has 1 saturated heterocycles. The van der Waals surface area contributed by atoms with Crippen LogP contribution in [0.1, 0.15) is 24.8 Å². The fourth-order valence-corrected chi connectivity index (χ4v) is 2.80. The lowest BCUT2D eigenvalue weighted by Crippen LogP contribution is -2.40. The maximum Gasteiger partial charge on any atom is 0.140 e. The van der Waals surface area contributed by atoms with Crippen LogP contribution in [0.15, 0.2) is 10.7 Å². The van der Waals surface area contributed by atoms with E-state index in [2.05, 4.69) is 38.2 Å². The van der Waals surface area contributed by atoms with Crippen molar-refractivity contribution in [1.82, 2.24) is 9.88 Å². The summed E-state index contributed by atoms with van der Waals surface area (Å²) in [4.78, 5) is 6.77. The zero-order valence-electron chi connectivity index (χ0n) is 11.0. The van der Waals surface area contributed by atoms with Gasteiger partial charge in [0.15, 0.2) is 0 Å². The number of likely N-dealkylation sites (N-methyl/N-ethyl adjacent to an activating group) is 1. The Kier molecular flexibility index (Phi) is 4.45. The van der Waals surface area contributed by atoms with Crippen LogP contribution in [0, 0.1) is 6.92 Å². The molecule has 2 rings (SSSR count). The largest absolute Gasteiger partial charge is 0.397 e. The molecule has 0 saturated carbocycles. The molecule has 100 valence electrons. The highest BCUT2D eigenvalue weighted by molar-refractivity contribution is 9.10. The van der Waals surface area contributed by atoms with Gasteiger partial charge in [0.05, 0.1) is 16.4 Å². The van der Waals surface area contributed by atoms with E-state index in [1.54, 1.807) is 6.20 Å². The Labute approximate surface area is 117 Å². The average Bonchev–Trinajstić information content (AvgIpc) is 2.37. The number of likely N-dealkylation sites (tertiary alicyclic amines) is 1. The summed E-state index contributed by atoms with van der Waals surface area (Å²) in [5.41, 5.74) is 7.59. The minimum absolute atomic E-state index is 0.602. The smallest absolute Gasteiger partial charge is 0.140 e. The number of rotatable bonds is 3. The van der Waals surface area contributed by atoms with Crippen molar-refractivity contribution in [3.8, 4) is 0 Å². The van der Waals surface area contributed by atoms with Gasteiger partial charge in [0.25, 0.3) is 0 Å². The van der Waals surface area contributed by atoms with Gasteiger partial charge < -0.3 is 16.0 Å². The first kappa shape index (κ1) is 13.6. The van der Waals surface area contributed by atoms with Crippen molar-refractivity contribution < 1.29 is 0 Å². The molecule has 1 aromatic rings. The quantitative estimate of drug-likeness (QED) is 0.901. The van der Waals surface area contributed by atoms with Crippen molar-refractivity contribution >= 4 is 27.4 Å². The van der Waals surface area contributed by atoms with Crippen molar-refractivity contribution in [3.05, 3.63) is 16.2 Å². The number of nitrogens with zero attached hydrogens (tertiary/aromatic N) is 2. The van der Waals surface area contributed by atoms with Crippen LogP contribution in [0.4, 0.5) is 11.5 Å². The Morgan fingerprint density at radius 2 is 2.33 bits per heavy atom. The molecule has 1 unspecified atom stereocenters. The predicted molar refractivity (Wildman–Crippen MR) is 79.8 cm³/mol. The van der Waals surface area contributed by atoms with Gasteiger partial charge in [-0.15, -0.1) is 0 Å². The van der Waals surface area contributed by atoms with Gasteiger partial charge in [-0.05, 0) is 54.9 Å². The lowest BCUT2D eigenvalue weighted by atomic mass is 10.0. The molecule has 0 bridgehead atoms. The number of nitrogens with two attached hydrogens (primary N) is 1. The van der Waals surface area contributed by atoms with Crippen LogP contribution in [0.3, 0.4) is 0 Å². The highest BCUT2D eigenvalue weighted by Gasteiger charge is 2.19. The van der Waals surface area contributed by atoms with E-state index in [0.717, 1.165) is 28.1 Å². The first-order valence-electron chi connectivity index (χ1n) is 6.44. The summed E-state index contributed by atoms with van der Waals surface area (Å²) in [6.07, 6.45) is 5.62. The van der Waals surface area contributed by atoms with E-state index >= 15 is 0 Å². The average molecular weight is 313 g/mol. The third-order valence-electron chi connectivity index (χ3n) is 3.73. The molecule has 1 aromatic heterocycles. The molecule has 2 heterocycles. The summed E-state index contributed by atoms with van der Waals surface area (Å²) in [6.45, 7) is 4.13. The van der Waals surface area contributed by atoms with E-state index in [4.69, 9.17) is 5.73 Å². The Morgan fingerprint density at radius 1 is 1.56 bits per heavy atom. The number of aromatic nitrogens is 1. The Hall–Kier alpha value is -0.810. The van der Waals surface area contributed by atoms with Crippen LogP contribution in [0.5, 0.6) is 0 Å². The topological polar surface area (TPSA) is 54.2 Å². The molecular weight excluding hydrogens is 292 g/mol. The summed E-state index contributed by atoms with van der Waals surface area (Å²) < 4.78 is 0.973. The molecule has 3 N–H and O–H groups in total. The number of pyridine rings is 1. The SMILES string of the molecule is Cc1c(N)cnc(NCC2CCCCN2C)c1Br. The van der Waals surface area contributed by atoms with Crippen molar-refractivity contribution in [2.75, 3.05) is 31.2 Å². The fraction of sp³-hybridized carbons (Fsp3) is 0.615. The van der Waals surface area contributed by atoms with Gasteiger partial charge in [-0.25, -0.2) is 4.98 Å². The Balaban J connectivity index is 1.99. The van der Waals surface area contributed by atoms with E-state index in [9.17, 15) is 0 Å². The second-order valence-corrected chi connectivity index (χ2v) is 5.81. The molecule has 1 aliphatic rings. The number of nitrogen functional groups attached to an aromatic ring is 1. The molecule has 18 heavy (non-hydrogen) atoms. The molecule has 0 radical (unpaired) electrons.